The summed E-state index contributed by atoms with van der Waals surface area (Å²) in [6.07, 6.45) is 3.71. The van der Waals surface area contributed by atoms with Gasteiger partial charge in [-0.3, -0.25) is 4.90 Å². The van der Waals surface area contributed by atoms with E-state index in [-0.39, 0.29) is 31.6 Å². The monoisotopic (exact) mass is 525 g/mol. The second kappa shape index (κ2) is 10.5. The molecule has 38 heavy (non-hydrogen) atoms. The highest BCUT2D eigenvalue weighted by molar-refractivity contribution is 5.95. The van der Waals surface area contributed by atoms with Crippen molar-refractivity contribution in [3.63, 3.8) is 0 Å². The topological polar surface area (TPSA) is 125 Å². The summed E-state index contributed by atoms with van der Waals surface area (Å²) in [4.78, 5) is 37.5. The van der Waals surface area contributed by atoms with E-state index in [4.69, 9.17) is 23.7 Å². The smallest absolute Gasteiger partial charge is 0.409 e. The summed E-state index contributed by atoms with van der Waals surface area (Å²) in [5.41, 5.74) is 2.26. The molecule has 1 aromatic carbocycles. The fourth-order valence-electron chi connectivity index (χ4n) is 4.92. The maximum Gasteiger partial charge on any atom is 0.409 e. The van der Waals surface area contributed by atoms with Crippen molar-refractivity contribution in [2.75, 3.05) is 57.7 Å². The normalized spacial score (nSPS) is 19.8. The molecule has 3 amide bonds. The fourth-order valence-corrected chi connectivity index (χ4v) is 4.92. The van der Waals surface area contributed by atoms with Crippen molar-refractivity contribution in [2.45, 2.75) is 32.3 Å². The van der Waals surface area contributed by atoms with Crippen molar-refractivity contribution in [3.8, 4) is 28.5 Å². The summed E-state index contributed by atoms with van der Waals surface area (Å²) in [5.74, 6) is 3.06. The average Bonchev–Trinajstić information content (AvgIpc) is 3.46. The molecule has 2 aromatic rings. The molecule has 1 saturated carbocycles. The molecule has 6 rings (SSSR count). The lowest BCUT2D eigenvalue weighted by Crippen LogP contribution is -2.51. The van der Waals surface area contributed by atoms with Crippen molar-refractivity contribution in [1.82, 2.24) is 20.2 Å². The number of carbonyl (C=O) groups excluding carboxylic acids is 2. The zero-order chi connectivity index (χ0) is 26.1. The number of fused-ring (bicyclic) bond motifs is 2. The van der Waals surface area contributed by atoms with Crippen LogP contribution in [0.1, 0.15) is 25.3 Å². The van der Waals surface area contributed by atoms with E-state index in [1.165, 1.54) is 19.2 Å². The van der Waals surface area contributed by atoms with Gasteiger partial charge in [-0.2, -0.15) is 0 Å². The van der Waals surface area contributed by atoms with Crippen LogP contribution >= 0.6 is 0 Å². The number of anilines is 1. The number of aromatic nitrogens is 2. The minimum absolute atomic E-state index is 0.132. The number of amides is 3. The Balaban J connectivity index is 1.18. The largest absolute Gasteiger partial charge is 0.492 e. The van der Waals surface area contributed by atoms with Crippen molar-refractivity contribution in [3.05, 3.63) is 24.0 Å². The van der Waals surface area contributed by atoms with Crippen LogP contribution in [0.5, 0.6) is 17.2 Å². The molecule has 1 aromatic heterocycles. The van der Waals surface area contributed by atoms with Crippen LogP contribution in [0.4, 0.5) is 15.4 Å². The molecule has 1 atom stereocenters. The first kappa shape index (κ1) is 24.5. The van der Waals surface area contributed by atoms with Crippen LogP contribution in [0.25, 0.3) is 11.3 Å². The van der Waals surface area contributed by atoms with Gasteiger partial charge in [-0.05, 0) is 44.2 Å². The molecule has 2 fully saturated rings. The van der Waals surface area contributed by atoms with E-state index in [1.54, 1.807) is 16.7 Å². The Morgan fingerprint density at radius 3 is 2.92 bits per heavy atom. The van der Waals surface area contributed by atoms with Gasteiger partial charge < -0.3 is 33.9 Å². The maximum atomic E-state index is 13.2. The van der Waals surface area contributed by atoms with Gasteiger partial charge in [-0.1, -0.05) is 0 Å². The third kappa shape index (κ3) is 4.87. The van der Waals surface area contributed by atoms with Gasteiger partial charge in [-0.15, -0.1) is 0 Å². The highest BCUT2D eigenvalue weighted by atomic mass is 16.7. The number of rotatable bonds is 7. The molecule has 202 valence electrons. The Labute approximate surface area is 220 Å². The second-order valence-electron chi connectivity index (χ2n) is 9.68. The first-order valence-corrected chi connectivity index (χ1v) is 13.1. The Kier molecular flexibility index (Phi) is 6.79. The number of carbonyl (C=O) groups is 2. The van der Waals surface area contributed by atoms with Gasteiger partial charge in [0.05, 0.1) is 43.7 Å². The number of nitrogens with zero attached hydrogens (tertiary/aromatic N) is 4. The predicted octanol–water partition coefficient (Wildman–Crippen LogP) is 2.59. The van der Waals surface area contributed by atoms with Gasteiger partial charge in [0.1, 0.15) is 17.9 Å². The lowest BCUT2D eigenvalue weighted by molar-refractivity contribution is -0.0241. The van der Waals surface area contributed by atoms with E-state index in [2.05, 4.69) is 15.3 Å². The zero-order valence-corrected chi connectivity index (χ0v) is 21.3. The van der Waals surface area contributed by atoms with Crippen molar-refractivity contribution >= 4 is 17.9 Å². The van der Waals surface area contributed by atoms with Crippen LogP contribution < -0.4 is 24.4 Å². The Morgan fingerprint density at radius 2 is 2.08 bits per heavy atom. The molecule has 4 aliphatic rings. The fraction of sp³-hybridized carbons (Fsp3) is 0.538. The Hall–Kier alpha value is -3.80. The first-order chi connectivity index (χ1) is 18.6. The molecule has 1 N–H and O–H groups in total. The molecule has 12 heteroatoms. The minimum atomic E-state index is -0.368. The molecular weight excluding hydrogens is 494 g/mol. The molecule has 0 bridgehead atoms. The zero-order valence-electron chi connectivity index (χ0n) is 21.3. The van der Waals surface area contributed by atoms with Crippen molar-refractivity contribution in [2.24, 2.45) is 5.92 Å². The van der Waals surface area contributed by atoms with Gasteiger partial charge in [-0.25, -0.2) is 19.6 Å². The van der Waals surface area contributed by atoms with Gasteiger partial charge in [0.15, 0.2) is 11.5 Å². The van der Waals surface area contributed by atoms with Gasteiger partial charge in [0.2, 0.25) is 6.79 Å². The summed E-state index contributed by atoms with van der Waals surface area (Å²) in [7, 11) is 0. The highest BCUT2D eigenvalue weighted by Gasteiger charge is 2.34. The molecule has 12 nitrogen and oxygen atoms in total. The van der Waals surface area contributed by atoms with E-state index in [1.807, 2.05) is 12.1 Å². The first-order valence-electron chi connectivity index (χ1n) is 13.1. The summed E-state index contributed by atoms with van der Waals surface area (Å²) >= 11 is 0. The molecule has 0 radical (unpaired) electrons. The van der Waals surface area contributed by atoms with Crippen LogP contribution in [0.3, 0.4) is 0 Å². The van der Waals surface area contributed by atoms with Crippen LogP contribution in [-0.4, -0.2) is 85.9 Å². The van der Waals surface area contributed by atoms with Crippen LogP contribution in [0.2, 0.25) is 0 Å². The lowest BCUT2D eigenvalue weighted by Gasteiger charge is -2.32. The van der Waals surface area contributed by atoms with Gasteiger partial charge in [0.25, 0.3) is 0 Å². The number of morpholine rings is 1. The van der Waals surface area contributed by atoms with E-state index >= 15 is 0 Å². The summed E-state index contributed by atoms with van der Waals surface area (Å²) in [6, 6.07) is 3.46. The SMILES string of the molecule is CCOC(=O)N1CCOC(CNC(=O)N2CCc3c(-c4c(OCC5CC5)ccc5c4OCO5)ncnc32)C1. The molecule has 1 unspecified atom stereocenters. The molecule has 1 saturated heterocycles. The Bertz CT molecular complexity index is 1220. The summed E-state index contributed by atoms with van der Waals surface area (Å²) in [5, 5.41) is 2.93. The number of hydrogen-bond donors (Lipinski definition) is 1. The molecule has 4 heterocycles. The third-order valence-corrected chi connectivity index (χ3v) is 7.06. The maximum absolute atomic E-state index is 13.2. The highest BCUT2D eigenvalue weighted by Crippen LogP contribution is 2.49. The minimum Gasteiger partial charge on any atom is -0.492 e. The number of nitrogens with one attached hydrogen (secondary N) is 1. The van der Waals surface area contributed by atoms with Crippen LogP contribution in [-0.2, 0) is 15.9 Å². The lowest BCUT2D eigenvalue weighted by atomic mass is 10.0. The molecule has 1 aliphatic carbocycles. The standard InChI is InChI=1S/C26H31N5O7/c1-2-34-26(33)30-9-10-35-17(12-30)11-27-25(32)31-8-7-18-22(28-14-29-24(18)31)21-19(36-13-16-3-4-16)5-6-20-23(21)38-15-37-20/h5-6,14,16-17H,2-4,7-13,15H2,1H3,(H,27,32). The van der Waals surface area contributed by atoms with Crippen molar-refractivity contribution < 1.29 is 33.3 Å². The molecule has 0 spiro atoms. The number of urea groups is 1. The van der Waals surface area contributed by atoms with Gasteiger partial charge >= 0.3 is 12.1 Å². The number of benzene rings is 1. The van der Waals surface area contributed by atoms with E-state index in [0.717, 1.165) is 11.1 Å². The number of hydrogen-bond acceptors (Lipinski definition) is 9. The van der Waals surface area contributed by atoms with Crippen molar-refractivity contribution in [1.29, 1.82) is 0 Å². The molecule has 3 aliphatic heterocycles. The van der Waals surface area contributed by atoms with E-state index in [0.29, 0.717) is 80.6 Å². The Morgan fingerprint density at radius 1 is 1.18 bits per heavy atom. The van der Waals surface area contributed by atoms with Crippen LogP contribution in [0.15, 0.2) is 18.5 Å². The quantitative estimate of drug-likeness (QED) is 0.581. The van der Waals surface area contributed by atoms with Gasteiger partial charge in [0, 0.05) is 25.2 Å². The van der Waals surface area contributed by atoms with E-state index < -0.39 is 0 Å². The summed E-state index contributed by atoms with van der Waals surface area (Å²) in [6.45, 7) is 4.79. The second-order valence-corrected chi connectivity index (χ2v) is 9.68. The summed E-state index contributed by atoms with van der Waals surface area (Å²) < 4.78 is 28.5. The van der Waals surface area contributed by atoms with Crippen LogP contribution in [0, 0.1) is 5.92 Å². The number of ether oxygens (including phenoxy) is 5. The third-order valence-electron chi connectivity index (χ3n) is 7.06. The molecular formula is C26H31N5O7. The van der Waals surface area contributed by atoms with E-state index in [9.17, 15) is 9.59 Å². The average molecular weight is 526 g/mol. The predicted molar refractivity (Wildman–Crippen MR) is 135 cm³/mol.